The van der Waals surface area contributed by atoms with Crippen molar-refractivity contribution in [2.24, 2.45) is 0 Å². The van der Waals surface area contributed by atoms with Crippen LogP contribution >= 0.6 is 0 Å². The van der Waals surface area contributed by atoms with Crippen molar-refractivity contribution in [3.8, 4) is 0 Å². The fourth-order valence-corrected chi connectivity index (χ4v) is 1.78. The molecule has 14 heavy (non-hydrogen) atoms. The first-order chi connectivity index (χ1) is 6.84. The van der Waals surface area contributed by atoms with E-state index in [0.29, 0.717) is 6.04 Å². The third-order valence-corrected chi connectivity index (χ3v) is 2.70. The van der Waals surface area contributed by atoms with Crippen molar-refractivity contribution in [1.82, 2.24) is 5.32 Å². The van der Waals surface area contributed by atoms with Gasteiger partial charge in [-0.15, -0.1) is 0 Å². The van der Waals surface area contributed by atoms with Gasteiger partial charge in [0.1, 0.15) is 0 Å². The van der Waals surface area contributed by atoms with Crippen LogP contribution < -0.4 is 5.32 Å². The highest BCUT2D eigenvalue weighted by Gasteiger charge is 2.09. The van der Waals surface area contributed by atoms with E-state index in [1.54, 1.807) is 0 Å². The van der Waals surface area contributed by atoms with Crippen molar-refractivity contribution in [3.05, 3.63) is 41.5 Å². The molecule has 1 nitrogen and oxygen atoms in total. The highest BCUT2D eigenvalue weighted by Crippen LogP contribution is 2.10. The summed E-state index contributed by atoms with van der Waals surface area (Å²) in [6, 6.07) is 9.24. The van der Waals surface area contributed by atoms with Crippen LogP contribution in [0.5, 0.6) is 0 Å². The zero-order valence-electron chi connectivity index (χ0n) is 8.66. The van der Waals surface area contributed by atoms with E-state index in [1.807, 2.05) is 0 Å². The smallest absolute Gasteiger partial charge is 0.0253 e. The Bertz CT molecular complexity index is 305. The second kappa shape index (κ2) is 4.43. The average molecular weight is 187 g/mol. The molecule has 1 saturated heterocycles. The van der Waals surface area contributed by atoms with Crippen LogP contribution in [0, 0.1) is 6.92 Å². The van der Waals surface area contributed by atoms with Crippen LogP contribution in [0.3, 0.4) is 0 Å². The zero-order valence-corrected chi connectivity index (χ0v) is 8.66. The van der Waals surface area contributed by atoms with Gasteiger partial charge in [0.2, 0.25) is 0 Å². The van der Waals surface area contributed by atoms with Gasteiger partial charge in [0.15, 0.2) is 0 Å². The molecular formula is C13H17N. The maximum Gasteiger partial charge on any atom is 0.0253 e. The Kier molecular flexibility index (Phi) is 3.00. The summed E-state index contributed by atoms with van der Waals surface area (Å²) in [5, 5.41) is 3.45. The molecular weight excluding hydrogens is 170 g/mol. The summed E-state index contributed by atoms with van der Waals surface area (Å²) >= 11 is 0. The van der Waals surface area contributed by atoms with Crippen molar-refractivity contribution < 1.29 is 0 Å². The molecule has 1 heteroatoms. The van der Waals surface area contributed by atoms with Gasteiger partial charge in [0.05, 0.1) is 0 Å². The minimum absolute atomic E-state index is 0.594. The fraction of sp³-hybridized carbons (Fsp3) is 0.385. The van der Waals surface area contributed by atoms with Crippen LogP contribution in [0.4, 0.5) is 0 Å². The van der Waals surface area contributed by atoms with Crippen LogP contribution in [0.15, 0.2) is 30.3 Å². The second-order valence-electron chi connectivity index (χ2n) is 3.97. The summed E-state index contributed by atoms with van der Waals surface area (Å²) in [6.45, 7) is 3.29. The number of aryl methyl sites for hydroxylation is 1. The van der Waals surface area contributed by atoms with Crippen molar-refractivity contribution in [2.45, 2.75) is 25.8 Å². The Morgan fingerprint density at radius 3 is 2.71 bits per heavy atom. The van der Waals surface area contributed by atoms with E-state index in [1.165, 1.54) is 30.5 Å². The summed E-state index contributed by atoms with van der Waals surface area (Å²) < 4.78 is 0. The lowest BCUT2D eigenvalue weighted by Crippen LogP contribution is -2.17. The summed E-state index contributed by atoms with van der Waals surface area (Å²) in [5.74, 6) is 0. The Morgan fingerprint density at radius 2 is 2.07 bits per heavy atom. The fourth-order valence-electron chi connectivity index (χ4n) is 1.78. The van der Waals surface area contributed by atoms with Crippen LogP contribution in [-0.2, 0) is 0 Å². The summed E-state index contributed by atoms with van der Waals surface area (Å²) in [6.07, 6.45) is 7.07. The van der Waals surface area contributed by atoms with Crippen LogP contribution in [0.1, 0.15) is 24.0 Å². The third kappa shape index (κ3) is 2.46. The molecule has 0 aromatic heterocycles. The molecule has 1 aromatic carbocycles. The molecule has 1 fully saturated rings. The highest BCUT2D eigenvalue weighted by molar-refractivity contribution is 5.50. The SMILES string of the molecule is Cc1ccc(/C=C/C2CCCN2)cc1. The number of hydrogen-bond acceptors (Lipinski definition) is 1. The molecule has 1 aromatic rings. The first-order valence-electron chi connectivity index (χ1n) is 5.33. The van der Waals surface area contributed by atoms with E-state index in [0.717, 1.165) is 0 Å². The molecule has 1 N–H and O–H groups in total. The molecule has 1 aliphatic heterocycles. The Balaban J connectivity index is 1.99. The molecule has 1 heterocycles. The average Bonchev–Trinajstić information content (AvgIpc) is 2.70. The third-order valence-electron chi connectivity index (χ3n) is 2.70. The molecule has 1 atom stereocenters. The maximum absolute atomic E-state index is 3.45. The molecule has 0 saturated carbocycles. The first kappa shape index (κ1) is 9.47. The van der Waals surface area contributed by atoms with Gasteiger partial charge >= 0.3 is 0 Å². The van der Waals surface area contributed by atoms with Crippen molar-refractivity contribution >= 4 is 6.08 Å². The van der Waals surface area contributed by atoms with Gasteiger partial charge in [0, 0.05) is 6.04 Å². The molecule has 74 valence electrons. The second-order valence-corrected chi connectivity index (χ2v) is 3.97. The largest absolute Gasteiger partial charge is 0.311 e. The van der Waals surface area contributed by atoms with Gasteiger partial charge < -0.3 is 5.32 Å². The van der Waals surface area contributed by atoms with E-state index < -0.39 is 0 Å². The topological polar surface area (TPSA) is 12.0 Å². The zero-order chi connectivity index (χ0) is 9.80. The van der Waals surface area contributed by atoms with Crippen molar-refractivity contribution in [1.29, 1.82) is 0 Å². The molecule has 0 radical (unpaired) electrons. The quantitative estimate of drug-likeness (QED) is 0.750. The standard InChI is InChI=1S/C13H17N/c1-11-4-6-12(7-5-11)8-9-13-3-2-10-14-13/h4-9,13-14H,2-3,10H2,1H3/b9-8+. The van der Waals surface area contributed by atoms with Gasteiger partial charge in [-0.1, -0.05) is 42.0 Å². The highest BCUT2D eigenvalue weighted by atomic mass is 14.9. The molecule has 0 amide bonds. The minimum Gasteiger partial charge on any atom is -0.311 e. The molecule has 0 bridgehead atoms. The molecule has 1 unspecified atom stereocenters. The normalized spacial score (nSPS) is 21.9. The lowest BCUT2D eigenvalue weighted by molar-refractivity contribution is 0.730. The molecule has 0 aliphatic carbocycles. The first-order valence-corrected chi connectivity index (χ1v) is 5.33. The number of benzene rings is 1. The van der Waals surface area contributed by atoms with Crippen LogP contribution in [-0.4, -0.2) is 12.6 Å². The van der Waals surface area contributed by atoms with Gasteiger partial charge in [-0.25, -0.2) is 0 Å². The maximum atomic E-state index is 3.45. The summed E-state index contributed by atoms with van der Waals surface area (Å²) in [4.78, 5) is 0. The lowest BCUT2D eigenvalue weighted by Gasteiger charge is -2.02. The van der Waals surface area contributed by atoms with Crippen LogP contribution in [0.25, 0.3) is 6.08 Å². The summed E-state index contributed by atoms with van der Waals surface area (Å²) in [5.41, 5.74) is 2.62. The van der Waals surface area contributed by atoms with Gasteiger partial charge in [0.25, 0.3) is 0 Å². The number of nitrogens with one attached hydrogen (secondary N) is 1. The number of hydrogen-bond donors (Lipinski definition) is 1. The molecule has 2 rings (SSSR count). The van der Waals surface area contributed by atoms with E-state index in [4.69, 9.17) is 0 Å². The molecule has 1 aliphatic rings. The minimum atomic E-state index is 0.594. The van der Waals surface area contributed by atoms with Crippen molar-refractivity contribution in [3.63, 3.8) is 0 Å². The molecule has 0 spiro atoms. The predicted octanol–water partition coefficient (Wildman–Crippen LogP) is 2.76. The number of rotatable bonds is 2. The van der Waals surface area contributed by atoms with Gasteiger partial charge in [-0.05, 0) is 31.9 Å². The Morgan fingerprint density at radius 1 is 1.29 bits per heavy atom. The van der Waals surface area contributed by atoms with E-state index in [-0.39, 0.29) is 0 Å². The predicted molar refractivity (Wildman–Crippen MR) is 61.2 cm³/mol. The Labute approximate surface area is 85.8 Å². The van der Waals surface area contributed by atoms with E-state index in [2.05, 4.69) is 48.7 Å². The monoisotopic (exact) mass is 187 g/mol. The van der Waals surface area contributed by atoms with Gasteiger partial charge in [-0.2, -0.15) is 0 Å². The van der Waals surface area contributed by atoms with Crippen LogP contribution in [0.2, 0.25) is 0 Å². The lowest BCUT2D eigenvalue weighted by atomic mass is 10.1. The Hall–Kier alpha value is -1.08. The van der Waals surface area contributed by atoms with Gasteiger partial charge in [-0.3, -0.25) is 0 Å². The van der Waals surface area contributed by atoms with E-state index >= 15 is 0 Å². The van der Waals surface area contributed by atoms with E-state index in [9.17, 15) is 0 Å². The van der Waals surface area contributed by atoms with Crippen molar-refractivity contribution in [2.75, 3.05) is 6.54 Å². The summed E-state index contributed by atoms with van der Waals surface area (Å²) in [7, 11) is 0.